The summed E-state index contributed by atoms with van der Waals surface area (Å²) >= 11 is 0. The minimum Gasteiger partial charge on any atom is -0.422 e. The minimum atomic E-state index is -3.97. The van der Waals surface area contributed by atoms with Gasteiger partial charge in [0.05, 0.1) is 26.8 Å². The molecule has 1 amide bonds. The van der Waals surface area contributed by atoms with Gasteiger partial charge < -0.3 is 4.42 Å². The van der Waals surface area contributed by atoms with Gasteiger partial charge in [-0.2, -0.15) is 5.10 Å². The van der Waals surface area contributed by atoms with Crippen LogP contribution in [0.4, 0.5) is 0 Å². The lowest BCUT2D eigenvalue weighted by molar-refractivity contribution is 0.0954. The average molecular weight is 540 g/mol. The zero-order valence-corrected chi connectivity index (χ0v) is 21.0. The molecule has 37 heavy (non-hydrogen) atoms. The first-order valence-electron chi connectivity index (χ1n) is 10.8. The number of para-hydroxylation sites is 1. The van der Waals surface area contributed by atoms with Crippen molar-refractivity contribution in [2.45, 2.75) is 16.7 Å². The zero-order valence-electron chi connectivity index (χ0n) is 19.4. The number of carbonyl (C=O) groups excluding carboxylic acids is 1. The van der Waals surface area contributed by atoms with Gasteiger partial charge in [0.2, 0.25) is 10.0 Å². The molecular weight excluding hydrogens is 518 g/mol. The van der Waals surface area contributed by atoms with Crippen LogP contribution >= 0.6 is 0 Å². The lowest BCUT2D eigenvalue weighted by Gasteiger charge is -2.10. The molecule has 1 aromatic heterocycles. The molecular formula is C25H21N3O7S2. The first kappa shape index (κ1) is 25.9. The molecule has 0 bridgehead atoms. The van der Waals surface area contributed by atoms with Crippen LogP contribution in [0.1, 0.15) is 21.5 Å². The van der Waals surface area contributed by atoms with Crippen molar-refractivity contribution in [2.24, 2.45) is 10.2 Å². The van der Waals surface area contributed by atoms with E-state index in [1.54, 1.807) is 36.4 Å². The SMILES string of the molecule is Cc1ccc(S(=O)(=O)C/C(=N\NC(=O)c2ccc(S(N)(=O)=O)cc2)c2cc3ccccc3oc2=O)cc1. The van der Waals surface area contributed by atoms with E-state index in [0.717, 1.165) is 17.7 Å². The molecule has 0 unspecified atom stereocenters. The number of benzene rings is 3. The Balaban J connectivity index is 1.73. The minimum absolute atomic E-state index is 0.0147. The van der Waals surface area contributed by atoms with E-state index in [4.69, 9.17) is 9.56 Å². The number of rotatable bonds is 7. The molecule has 190 valence electrons. The Kier molecular flexibility index (Phi) is 7.07. The lowest BCUT2D eigenvalue weighted by Crippen LogP contribution is -2.27. The Bertz CT molecular complexity index is 1790. The number of nitrogens with zero attached hydrogens (tertiary/aromatic N) is 1. The zero-order chi connectivity index (χ0) is 26.8. The number of hydrazone groups is 1. The van der Waals surface area contributed by atoms with Gasteiger partial charge in [-0.25, -0.2) is 32.2 Å². The summed E-state index contributed by atoms with van der Waals surface area (Å²) in [5.74, 6) is -1.47. The highest BCUT2D eigenvalue weighted by molar-refractivity contribution is 7.92. The number of sulfonamides is 1. The van der Waals surface area contributed by atoms with Crippen LogP contribution in [-0.2, 0) is 19.9 Å². The van der Waals surface area contributed by atoms with Crippen LogP contribution < -0.4 is 16.2 Å². The fourth-order valence-corrected chi connectivity index (χ4v) is 5.23. The molecule has 0 saturated carbocycles. The summed E-state index contributed by atoms with van der Waals surface area (Å²) in [5, 5.41) is 9.57. The van der Waals surface area contributed by atoms with Crippen molar-refractivity contribution in [3.63, 3.8) is 0 Å². The highest BCUT2D eigenvalue weighted by atomic mass is 32.2. The van der Waals surface area contributed by atoms with Crippen LogP contribution in [0.25, 0.3) is 11.0 Å². The number of nitrogens with two attached hydrogens (primary N) is 1. The Hall–Kier alpha value is -4.13. The van der Waals surface area contributed by atoms with Crippen molar-refractivity contribution < 1.29 is 26.0 Å². The topological polar surface area (TPSA) is 166 Å². The number of fused-ring (bicyclic) bond motifs is 1. The van der Waals surface area contributed by atoms with E-state index < -0.39 is 37.1 Å². The van der Waals surface area contributed by atoms with Crippen LogP contribution in [0.15, 0.2) is 103 Å². The summed E-state index contributed by atoms with van der Waals surface area (Å²) in [6, 6.07) is 19.0. The standard InChI is InChI=1S/C25H21N3O7S2/c1-16-6-10-19(11-7-16)36(31,32)15-22(21-14-18-4-2-3-5-23(18)35-25(21)30)27-28-24(29)17-8-12-20(13-9-17)37(26,33)34/h2-14H,15H2,1H3,(H,28,29)(H2,26,33,34)/b27-22+. The van der Waals surface area contributed by atoms with Gasteiger partial charge in [-0.3, -0.25) is 4.79 Å². The molecule has 0 spiro atoms. The summed E-state index contributed by atoms with van der Waals surface area (Å²) in [4.78, 5) is 25.3. The number of aryl methyl sites for hydroxylation is 1. The van der Waals surface area contributed by atoms with Gasteiger partial charge in [0, 0.05) is 10.9 Å². The molecule has 0 aliphatic heterocycles. The molecule has 0 saturated heterocycles. The number of hydrogen-bond acceptors (Lipinski definition) is 8. The van der Waals surface area contributed by atoms with Gasteiger partial charge in [0.25, 0.3) is 5.91 Å². The van der Waals surface area contributed by atoms with Gasteiger partial charge in [0.1, 0.15) is 5.58 Å². The Labute approximate surface area is 212 Å². The summed E-state index contributed by atoms with van der Waals surface area (Å²) in [7, 11) is -7.92. The number of nitrogens with one attached hydrogen (secondary N) is 1. The third kappa shape index (κ3) is 6.00. The normalized spacial score (nSPS) is 12.4. The Morgan fingerprint density at radius 3 is 2.19 bits per heavy atom. The molecule has 0 atom stereocenters. The molecule has 0 radical (unpaired) electrons. The molecule has 0 fully saturated rings. The van der Waals surface area contributed by atoms with E-state index in [2.05, 4.69) is 10.5 Å². The first-order chi connectivity index (χ1) is 17.4. The van der Waals surface area contributed by atoms with Crippen molar-refractivity contribution >= 4 is 42.4 Å². The fraction of sp³-hybridized carbons (Fsp3) is 0.0800. The maximum Gasteiger partial charge on any atom is 0.345 e. The van der Waals surface area contributed by atoms with E-state index in [9.17, 15) is 26.4 Å². The second-order valence-electron chi connectivity index (χ2n) is 8.13. The molecule has 3 N–H and O–H groups in total. The van der Waals surface area contributed by atoms with Crippen LogP contribution in [0.3, 0.4) is 0 Å². The summed E-state index contributed by atoms with van der Waals surface area (Å²) < 4.78 is 54.5. The molecule has 0 aliphatic rings. The van der Waals surface area contributed by atoms with Gasteiger partial charge in [-0.05, 0) is 55.5 Å². The molecule has 4 rings (SSSR count). The summed E-state index contributed by atoms with van der Waals surface area (Å²) in [6.07, 6.45) is 0. The molecule has 12 heteroatoms. The largest absolute Gasteiger partial charge is 0.422 e. The third-order valence-electron chi connectivity index (χ3n) is 5.40. The number of hydrogen-bond donors (Lipinski definition) is 2. The second kappa shape index (κ2) is 10.1. The van der Waals surface area contributed by atoms with Gasteiger partial charge in [-0.1, -0.05) is 35.9 Å². The third-order valence-corrected chi connectivity index (χ3v) is 7.97. The molecule has 10 nitrogen and oxygen atoms in total. The lowest BCUT2D eigenvalue weighted by atomic mass is 10.1. The van der Waals surface area contributed by atoms with Gasteiger partial charge in [-0.15, -0.1) is 0 Å². The van der Waals surface area contributed by atoms with E-state index in [1.807, 2.05) is 6.92 Å². The smallest absolute Gasteiger partial charge is 0.345 e. The van der Waals surface area contributed by atoms with Crippen molar-refractivity contribution in [1.82, 2.24) is 5.43 Å². The van der Waals surface area contributed by atoms with Crippen molar-refractivity contribution in [3.8, 4) is 0 Å². The maximum absolute atomic E-state index is 13.2. The molecule has 0 aliphatic carbocycles. The number of carbonyl (C=O) groups is 1. The first-order valence-corrected chi connectivity index (χ1v) is 14.0. The quantitative estimate of drug-likeness (QED) is 0.207. The molecule has 1 heterocycles. The monoisotopic (exact) mass is 539 g/mol. The van der Waals surface area contributed by atoms with E-state index in [1.165, 1.54) is 30.3 Å². The number of sulfone groups is 1. The van der Waals surface area contributed by atoms with Crippen LogP contribution in [-0.4, -0.2) is 34.2 Å². The van der Waals surface area contributed by atoms with E-state index in [0.29, 0.717) is 11.0 Å². The Morgan fingerprint density at radius 2 is 1.54 bits per heavy atom. The summed E-state index contributed by atoms with van der Waals surface area (Å²) in [6.45, 7) is 1.81. The van der Waals surface area contributed by atoms with E-state index in [-0.39, 0.29) is 26.6 Å². The summed E-state index contributed by atoms with van der Waals surface area (Å²) in [5.41, 5.74) is 2.22. The molecule has 4 aromatic rings. The predicted octanol–water partition coefficient (Wildman–Crippen LogP) is 2.36. The van der Waals surface area contributed by atoms with E-state index >= 15 is 0 Å². The number of primary sulfonamides is 1. The molecule has 3 aromatic carbocycles. The van der Waals surface area contributed by atoms with Crippen LogP contribution in [0.2, 0.25) is 0 Å². The van der Waals surface area contributed by atoms with Crippen molar-refractivity contribution in [2.75, 3.05) is 5.75 Å². The van der Waals surface area contributed by atoms with Crippen LogP contribution in [0, 0.1) is 6.92 Å². The van der Waals surface area contributed by atoms with Gasteiger partial charge in [0.15, 0.2) is 9.84 Å². The average Bonchev–Trinajstić information content (AvgIpc) is 2.86. The predicted molar refractivity (Wildman–Crippen MR) is 138 cm³/mol. The second-order valence-corrected chi connectivity index (χ2v) is 11.7. The highest BCUT2D eigenvalue weighted by Crippen LogP contribution is 2.17. The fourth-order valence-electron chi connectivity index (χ4n) is 3.42. The van der Waals surface area contributed by atoms with Crippen LogP contribution in [0.5, 0.6) is 0 Å². The Morgan fingerprint density at radius 1 is 0.919 bits per heavy atom. The maximum atomic E-state index is 13.2. The highest BCUT2D eigenvalue weighted by Gasteiger charge is 2.23. The van der Waals surface area contributed by atoms with Gasteiger partial charge >= 0.3 is 5.63 Å². The van der Waals surface area contributed by atoms with Crippen molar-refractivity contribution in [1.29, 1.82) is 0 Å². The number of amides is 1. The van der Waals surface area contributed by atoms with Crippen molar-refractivity contribution in [3.05, 3.63) is 106 Å².